The Labute approximate surface area is 145 Å². The van der Waals surface area contributed by atoms with Gasteiger partial charge in [0.1, 0.15) is 0 Å². The van der Waals surface area contributed by atoms with Gasteiger partial charge in [-0.25, -0.2) is 0 Å². The number of aromatic amines is 1. The molecular weight excluding hydrogens is 321 g/mol. The molecule has 6 heteroatoms. The van der Waals surface area contributed by atoms with Gasteiger partial charge in [-0.3, -0.25) is 14.0 Å². The summed E-state index contributed by atoms with van der Waals surface area (Å²) in [4.78, 5) is 31.7. The van der Waals surface area contributed by atoms with Gasteiger partial charge in [-0.15, -0.1) is 0 Å². The fourth-order valence-corrected chi connectivity index (χ4v) is 4.06. The number of benzene rings is 1. The number of H-pyrrole nitrogens is 1. The molecule has 0 bridgehead atoms. The zero-order valence-electron chi connectivity index (χ0n) is 14.1. The van der Waals surface area contributed by atoms with E-state index >= 15 is 0 Å². The zero-order valence-corrected chi connectivity index (χ0v) is 14.1. The van der Waals surface area contributed by atoms with Crippen molar-refractivity contribution in [2.24, 2.45) is 5.92 Å². The van der Waals surface area contributed by atoms with Crippen LogP contribution in [-0.2, 0) is 4.79 Å². The third kappa shape index (κ3) is 2.90. The van der Waals surface area contributed by atoms with Gasteiger partial charge >= 0.3 is 0 Å². The van der Waals surface area contributed by atoms with Gasteiger partial charge in [-0.1, -0.05) is 18.2 Å². The first kappa shape index (κ1) is 16.1. The Kier molecular flexibility index (Phi) is 4.19. The number of aromatic nitrogens is 1. The summed E-state index contributed by atoms with van der Waals surface area (Å²) < 4.78 is 12.8. The lowest BCUT2D eigenvalue weighted by molar-refractivity contribution is -0.130. The predicted octanol–water partition coefficient (Wildman–Crippen LogP) is 2.59. The third-order valence-corrected chi connectivity index (χ3v) is 5.47. The summed E-state index contributed by atoms with van der Waals surface area (Å²) in [6, 6.07) is 7.91. The van der Waals surface area contributed by atoms with Gasteiger partial charge < -0.3 is 14.8 Å². The molecule has 1 aromatic carbocycles. The molecule has 1 N–H and O–H groups in total. The van der Waals surface area contributed by atoms with Crippen LogP contribution in [0.4, 0.5) is 4.39 Å². The second-order valence-electron chi connectivity index (χ2n) is 7.04. The fourth-order valence-electron chi connectivity index (χ4n) is 4.06. The van der Waals surface area contributed by atoms with E-state index in [4.69, 9.17) is 0 Å². The number of carbonyl (C=O) groups excluding carboxylic acids is 2. The minimum absolute atomic E-state index is 0.0327. The quantitative estimate of drug-likeness (QED) is 0.931. The molecule has 1 unspecified atom stereocenters. The minimum atomic E-state index is -0.430. The number of likely N-dealkylation sites (tertiary alicyclic amines) is 2. The first-order chi connectivity index (χ1) is 12.2. The zero-order chi connectivity index (χ0) is 17.4. The lowest BCUT2D eigenvalue weighted by atomic mass is 10.0. The van der Waals surface area contributed by atoms with Crippen molar-refractivity contribution in [1.82, 2.24) is 14.8 Å². The van der Waals surface area contributed by atoms with Gasteiger partial charge in [0.05, 0.1) is 12.2 Å². The molecule has 2 aliphatic rings. The van der Waals surface area contributed by atoms with Gasteiger partial charge in [-0.05, 0) is 18.9 Å². The molecule has 0 spiro atoms. The molecular formula is C19H22FN3O2. The molecule has 0 radical (unpaired) electrons. The van der Waals surface area contributed by atoms with Crippen LogP contribution in [0, 0.1) is 5.92 Å². The van der Waals surface area contributed by atoms with E-state index in [1.165, 1.54) is 0 Å². The first-order valence-electron chi connectivity index (χ1n) is 8.88. The van der Waals surface area contributed by atoms with Crippen molar-refractivity contribution >= 4 is 22.7 Å². The van der Waals surface area contributed by atoms with Gasteiger partial charge in [0.15, 0.2) is 0 Å². The lowest BCUT2D eigenvalue weighted by Crippen LogP contribution is -2.47. The Morgan fingerprint density at radius 1 is 1.24 bits per heavy atom. The number of carbonyl (C=O) groups is 2. The number of alkyl halides is 1. The molecule has 4 rings (SSSR count). The van der Waals surface area contributed by atoms with Crippen molar-refractivity contribution in [2.75, 3.05) is 26.3 Å². The normalized spacial score (nSPS) is 22.1. The van der Waals surface area contributed by atoms with E-state index in [1.807, 2.05) is 34.1 Å². The molecule has 1 atom stereocenters. The summed E-state index contributed by atoms with van der Waals surface area (Å²) in [5, 5.41) is 0.940. The first-order valence-corrected chi connectivity index (χ1v) is 8.88. The van der Waals surface area contributed by atoms with E-state index in [2.05, 4.69) is 4.98 Å². The minimum Gasteiger partial charge on any atom is -0.360 e. The average Bonchev–Trinajstić information content (AvgIpc) is 3.24. The average molecular weight is 343 g/mol. The van der Waals surface area contributed by atoms with Crippen molar-refractivity contribution in [1.29, 1.82) is 0 Å². The maximum Gasteiger partial charge on any atom is 0.256 e. The molecule has 25 heavy (non-hydrogen) atoms. The molecule has 132 valence electrons. The predicted molar refractivity (Wildman–Crippen MR) is 93.0 cm³/mol. The number of hydrogen-bond acceptors (Lipinski definition) is 2. The van der Waals surface area contributed by atoms with Crippen LogP contribution in [-0.4, -0.2) is 58.9 Å². The van der Waals surface area contributed by atoms with E-state index in [0.717, 1.165) is 23.7 Å². The van der Waals surface area contributed by atoms with Crippen LogP contribution in [0.15, 0.2) is 30.5 Å². The standard InChI is InChI=1S/C19H22FN3O2/c20-10-13-9-18(24)23(12-13)14-5-7-22(8-6-14)19(25)16-11-21-17-4-2-1-3-15(16)17/h1-4,11,13-14,21H,5-10,12H2. The topological polar surface area (TPSA) is 56.4 Å². The monoisotopic (exact) mass is 343 g/mol. The Bertz CT molecular complexity index is 795. The Morgan fingerprint density at radius 3 is 2.72 bits per heavy atom. The summed E-state index contributed by atoms with van der Waals surface area (Å²) in [5.74, 6) is -0.0623. The van der Waals surface area contributed by atoms with E-state index < -0.39 is 6.67 Å². The number of halogens is 1. The van der Waals surface area contributed by atoms with Crippen molar-refractivity contribution < 1.29 is 14.0 Å². The third-order valence-electron chi connectivity index (χ3n) is 5.47. The number of nitrogens with one attached hydrogen (secondary N) is 1. The van der Waals surface area contributed by atoms with Crippen LogP contribution in [0.5, 0.6) is 0 Å². The highest BCUT2D eigenvalue weighted by Crippen LogP contribution is 2.27. The van der Waals surface area contributed by atoms with E-state index in [-0.39, 0.29) is 23.8 Å². The molecule has 1 aromatic heterocycles. The van der Waals surface area contributed by atoms with Crippen LogP contribution in [0.1, 0.15) is 29.6 Å². The van der Waals surface area contributed by atoms with Crippen molar-refractivity contribution in [3.8, 4) is 0 Å². The van der Waals surface area contributed by atoms with Gasteiger partial charge in [-0.2, -0.15) is 0 Å². The molecule has 3 heterocycles. The molecule has 2 saturated heterocycles. The molecule has 0 aliphatic carbocycles. The Hall–Kier alpha value is -2.37. The summed E-state index contributed by atoms with van der Waals surface area (Å²) in [5.41, 5.74) is 1.66. The van der Waals surface area contributed by atoms with Gasteiger partial charge in [0.25, 0.3) is 5.91 Å². The van der Waals surface area contributed by atoms with Crippen molar-refractivity contribution in [3.63, 3.8) is 0 Å². The summed E-state index contributed by atoms with van der Waals surface area (Å²) in [7, 11) is 0. The molecule has 5 nitrogen and oxygen atoms in total. The van der Waals surface area contributed by atoms with Gasteiger partial charge in [0.2, 0.25) is 5.91 Å². The molecule has 0 saturated carbocycles. The highest BCUT2D eigenvalue weighted by molar-refractivity contribution is 6.06. The van der Waals surface area contributed by atoms with E-state index in [9.17, 15) is 14.0 Å². The van der Waals surface area contributed by atoms with Crippen molar-refractivity contribution in [2.45, 2.75) is 25.3 Å². The summed E-state index contributed by atoms with van der Waals surface area (Å²) in [6.45, 7) is 1.36. The van der Waals surface area contributed by atoms with Crippen LogP contribution >= 0.6 is 0 Å². The van der Waals surface area contributed by atoms with E-state index in [1.54, 1.807) is 6.20 Å². The number of piperidine rings is 1. The Balaban J connectivity index is 1.42. The number of amides is 2. The highest BCUT2D eigenvalue weighted by Gasteiger charge is 2.36. The highest BCUT2D eigenvalue weighted by atomic mass is 19.1. The molecule has 2 aliphatic heterocycles. The number of fused-ring (bicyclic) bond motifs is 1. The van der Waals surface area contributed by atoms with Crippen LogP contribution in [0.2, 0.25) is 0 Å². The van der Waals surface area contributed by atoms with E-state index in [0.29, 0.717) is 31.6 Å². The second kappa shape index (κ2) is 6.50. The maximum atomic E-state index is 12.8. The van der Waals surface area contributed by atoms with Crippen molar-refractivity contribution in [3.05, 3.63) is 36.0 Å². The molecule has 2 fully saturated rings. The number of hydrogen-bond donors (Lipinski definition) is 1. The molecule has 2 aromatic rings. The number of nitrogens with zero attached hydrogens (tertiary/aromatic N) is 2. The summed E-state index contributed by atoms with van der Waals surface area (Å²) >= 11 is 0. The molecule has 2 amide bonds. The smallest absolute Gasteiger partial charge is 0.256 e. The number of para-hydroxylation sites is 1. The second-order valence-corrected chi connectivity index (χ2v) is 7.04. The maximum absolute atomic E-state index is 12.8. The number of rotatable bonds is 3. The van der Waals surface area contributed by atoms with Crippen LogP contribution < -0.4 is 0 Å². The van der Waals surface area contributed by atoms with Crippen LogP contribution in [0.3, 0.4) is 0 Å². The lowest BCUT2D eigenvalue weighted by Gasteiger charge is -2.36. The van der Waals surface area contributed by atoms with Crippen LogP contribution in [0.25, 0.3) is 10.9 Å². The summed E-state index contributed by atoms with van der Waals surface area (Å²) in [6.07, 6.45) is 3.62. The Morgan fingerprint density at radius 2 is 2.00 bits per heavy atom. The largest absolute Gasteiger partial charge is 0.360 e. The SMILES string of the molecule is O=C(c1c[nH]c2ccccc12)N1CCC(N2CC(CF)CC2=O)CC1. The fraction of sp³-hybridized carbons (Fsp3) is 0.474. The van der Waals surface area contributed by atoms with Gasteiger partial charge in [0, 0.05) is 55.1 Å².